The molecule has 0 saturated carbocycles. The van der Waals surface area contributed by atoms with Gasteiger partial charge in [-0.05, 0) is 32.9 Å². The summed E-state index contributed by atoms with van der Waals surface area (Å²) in [5, 5.41) is 21.4. The molecule has 3 atom stereocenters. The van der Waals surface area contributed by atoms with E-state index in [-0.39, 0.29) is 19.0 Å². The van der Waals surface area contributed by atoms with Crippen molar-refractivity contribution in [2.24, 2.45) is 0 Å². The Morgan fingerprint density at radius 3 is 2.60 bits per heavy atom. The van der Waals surface area contributed by atoms with Crippen molar-refractivity contribution in [3.8, 4) is 0 Å². The average molecular weight is 285 g/mol. The second kappa shape index (κ2) is 6.41. The van der Waals surface area contributed by atoms with Crippen molar-refractivity contribution in [1.29, 1.82) is 0 Å². The summed E-state index contributed by atoms with van der Waals surface area (Å²) >= 11 is 0. The lowest BCUT2D eigenvalue weighted by Crippen LogP contribution is -2.49. The molecule has 0 spiro atoms. The van der Waals surface area contributed by atoms with E-state index < -0.39 is 24.1 Å². The molecule has 0 aromatic rings. The molecule has 0 radical (unpaired) electrons. The minimum Gasteiger partial charge on any atom is -0.480 e. The van der Waals surface area contributed by atoms with Gasteiger partial charge < -0.3 is 20.4 Å². The van der Waals surface area contributed by atoms with Crippen molar-refractivity contribution >= 4 is 12.0 Å². The smallest absolute Gasteiger partial charge is 0.326 e. The van der Waals surface area contributed by atoms with E-state index in [4.69, 9.17) is 5.11 Å². The van der Waals surface area contributed by atoms with Gasteiger partial charge in [-0.25, -0.2) is 9.59 Å². The van der Waals surface area contributed by atoms with Crippen molar-refractivity contribution < 1.29 is 19.8 Å². The lowest BCUT2D eigenvalue weighted by Gasteiger charge is -2.26. The molecule has 1 unspecified atom stereocenters. The van der Waals surface area contributed by atoms with E-state index in [0.29, 0.717) is 6.54 Å². The Hall–Kier alpha value is -1.34. The van der Waals surface area contributed by atoms with Crippen molar-refractivity contribution in [3.05, 3.63) is 0 Å². The van der Waals surface area contributed by atoms with Gasteiger partial charge in [0.15, 0.2) is 0 Å². The molecule has 114 valence electrons. The number of rotatable bonds is 4. The predicted octanol–water partition coefficient (Wildman–Crippen LogP) is -0.300. The number of carboxylic acid groups (broad SMARTS) is 1. The molecule has 0 aromatic heterocycles. The molecule has 3 N–H and O–H groups in total. The van der Waals surface area contributed by atoms with Crippen LogP contribution in [0.5, 0.6) is 0 Å². The number of hydrogen-bond donors (Lipinski definition) is 3. The Labute approximate surface area is 118 Å². The number of urea groups is 1. The Morgan fingerprint density at radius 1 is 1.35 bits per heavy atom. The summed E-state index contributed by atoms with van der Waals surface area (Å²) in [7, 11) is 0. The van der Waals surface area contributed by atoms with Crippen molar-refractivity contribution in [2.45, 2.75) is 44.4 Å². The van der Waals surface area contributed by atoms with Gasteiger partial charge in [0.05, 0.1) is 6.10 Å². The first kappa shape index (κ1) is 15.1. The van der Waals surface area contributed by atoms with Crippen LogP contribution in [0, 0.1) is 0 Å². The first-order valence-corrected chi connectivity index (χ1v) is 7.18. The van der Waals surface area contributed by atoms with Gasteiger partial charge in [0.2, 0.25) is 0 Å². The van der Waals surface area contributed by atoms with Crippen LogP contribution >= 0.6 is 0 Å². The second-order valence-corrected chi connectivity index (χ2v) is 5.67. The third-order valence-corrected chi connectivity index (χ3v) is 4.14. The number of likely N-dealkylation sites (tertiary alicyclic amines) is 2. The van der Waals surface area contributed by atoms with Crippen LogP contribution in [0.2, 0.25) is 0 Å². The number of aliphatic hydroxyl groups is 1. The molecule has 7 heteroatoms. The zero-order valence-electron chi connectivity index (χ0n) is 11.8. The first-order valence-electron chi connectivity index (χ1n) is 7.18. The predicted molar refractivity (Wildman–Crippen MR) is 72.4 cm³/mol. The zero-order chi connectivity index (χ0) is 14.7. The molecule has 0 aliphatic carbocycles. The number of β-amino-alcohol motifs (C(OH)–C–C–N with tert-alkyl or cyclic N) is 1. The highest BCUT2D eigenvalue weighted by molar-refractivity contribution is 5.83. The standard InChI is InChI=1S/C13H23N3O4/c1-9(15-4-2-3-5-15)7-14-13(20)16-8-10(17)6-11(16)12(18)19/h9-11,17H,2-8H2,1H3,(H,14,20)(H,18,19)/t9?,10-,11-/m1/s1. The number of hydrogen-bond acceptors (Lipinski definition) is 4. The van der Waals surface area contributed by atoms with Gasteiger partial charge in [-0.15, -0.1) is 0 Å². The highest BCUT2D eigenvalue weighted by Crippen LogP contribution is 2.18. The third-order valence-electron chi connectivity index (χ3n) is 4.14. The lowest BCUT2D eigenvalue weighted by molar-refractivity contribution is -0.141. The van der Waals surface area contributed by atoms with Gasteiger partial charge in [0, 0.05) is 25.6 Å². The van der Waals surface area contributed by atoms with Crippen molar-refractivity contribution in [2.75, 3.05) is 26.2 Å². The summed E-state index contributed by atoms with van der Waals surface area (Å²) in [6.07, 6.45) is 1.73. The van der Waals surface area contributed by atoms with Gasteiger partial charge >= 0.3 is 12.0 Å². The summed E-state index contributed by atoms with van der Waals surface area (Å²) < 4.78 is 0. The molecule has 2 rings (SSSR count). The Balaban J connectivity index is 1.83. The number of aliphatic carboxylic acids is 1. The molecular formula is C13H23N3O4. The van der Waals surface area contributed by atoms with E-state index in [9.17, 15) is 14.7 Å². The van der Waals surface area contributed by atoms with Crippen molar-refractivity contribution in [3.63, 3.8) is 0 Å². The maximum atomic E-state index is 12.0. The van der Waals surface area contributed by atoms with Gasteiger partial charge in [-0.1, -0.05) is 0 Å². The van der Waals surface area contributed by atoms with Crippen LogP contribution in [0.25, 0.3) is 0 Å². The van der Waals surface area contributed by atoms with Gasteiger partial charge in [0.1, 0.15) is 6.04 Å². The number of aliphatic hydroxyl groups excluding tert-OH is 1. The van der Waals surface area contributed by atoms with Gasteiger partial charge in [-0.3, -0.25) is 4.90 Å². The number of carbonyl (C=O) groups is 2. The Kier molecular flexibility index (Phi) is 4.82. The number of carbonyl (C=O) groups excluding carboxylic acids is 1. The second-order valence-electron chi connectivity index (χ2n) is 5.67. The average Bonchev–Trinajstić information content (AvgIpc) is 3.04. The summed E-state index contributed by atoms with van der Waals surface area (Å²) in [4.78, 5) is 26.6. The number of nitrogens with one attached hydrogen (secondary N) is 1. The number of amides is 2. The fourth-order valence-electron chi connectivity index (χ4n) is 2.92. The molecule has 2 aliphatic heterocycles. The van der Waals surface area contributed by atoms with Gasteiger partial charge in [-0.2, -0.15) is 0 Å². The maximum absolute atomic E-state index is 12.0. The quantitative estimate of drug-likeness (QED) is 0.659. The van der Waals surface area contributed by atoms with E-state index >= 15 is 0 Å². The van der Waals surface area contributed by atoms with Crippen molar-refractivity contribution in [1.82, 2.24) is 15.1 Å². The van der Waals surface area contributed by atoms with Crippen LogP contribution in [0.3, 0.4) is 0 Å². The molecule has 2 aliphatic rings. The van der Waals surface area contributed by atoms with Crippen LogP contribution < -0.4 is 5.32 Å². The summed E-state index contributed by atoms with van der Waals surface area (Å²) in [6.45, 7) is 4.74. The zero-order valence-corrected chi connectivity index (χ0v) is 11.8. The SMILES string of the molecule is CC(CNC(=O)N1C[C@H](O)C[C@@H]1C(=O)O)N1CCCC1. The summed E-state index contributed by atoms with van der Waals surface area (Å²) in [6, 6.07) is -1.08. The Bertz CT molecular complexity index is 371. The van der Waals surface area contributed by atoms with Gasteiger partial charge in [0.25, 0.3) is 0 Å². The number of nitrogens with zero attached hydrogens (tertiary/aromatic N) is 2. The van der Waals surface area contributed by atoms with Crippen LogP contribution in [-0.4, -0.2) is 76.4 Å². The monoisotopic (exact) mass is 285 g/mol. The van der Waals surface area contributed by atoms with E-state index in [0.717, 1.165) is 13.1 Å². The third kappa shape index (κ3) is 3.40. The maximum Gasteiger partial charge on any atom is 0.326 e. The van der Waals surface area contributed by atoms with E-state index in [2.05, 4.69) is 17.1 Å². The molecule has 0 aromatic carbocycles. The van der Waals surface area contributed by atoms with E-state index in [1.165, 1.54) is 17.7 Å². The number of carboxylic acids is 1. The van der Waals surface area contributed by atoms with Crippen LogP contribution in [0.15, 0.2) is 0 Å². The molecule has 20 heavy (non-hydrogen) atoms. The minimum atomic E-state index is -1.07. The fourth-order valence-corrected chi connectivity index (χ4v) is 2.92. The molecule has 0 bridgehead atoms. The largest absolute Gasteiger partial charge is 0.480 e. The molecule has 7 nitrogen and oxygen atoms in total. The topological polar surface area (TPSA) is 93.1 Å². The molecule has 2 amide bonds. The highest BCUT2D eigenvalue weighted by atomic mass is 16.4. The van der Waals surface area contributed by atoms with Crippen LogP contribution in [0.4, 0.5) is 4.79 Å². The lowest BCUT2D eigenvalue weighted by atomic mass is 10.2. The fraction of sp³-hybridized carbons (Fsp3) is 0.846. The molecular weight excluding hydrogens is 262 g/mol. The Morgan fingerprint density at radius 2 is 2.00 bits per heavy atom. The minimum absolute atomic E-state index is 0.0842. The van der Waals surface area contributed by atoms with E-state index in [1.54, 1.807) is 0 Å². The molecule has 2 fully saturated rings. The molecule has 2 saturated heterocycles. The molecule has 2 heterocycles. The summed E-state index contributed by atoms with van der Waals surface area (Å²) in [5.41, 5.74) is 0. The van der Waals surface area contributed by atoms with E-state index in [1.807, 2.05) is 0 Å². The van der Waals surface area contributed by atoms with Crippen LogP contribution in [0.1, 0.15) is 26.2 Å². The normalized spacial score (nSPS) is 28.6. The summed E-state index contributed by atoms with van der Waals surface area (Å²) in [5.74, 6) is -1.07. The van der Waals surface area contributed by atoms with Crippen LogP contribution in [-0.2, 0) is 4.79 Å². The highest BCUT2D eigenvalue weighted by Gasteiger charge is 2.39. The first-order chi connectivity index (χ1) is 9.49.